The van der Waals surface area contributed by atoms with Gasteiger partial charge < -0.3 is 14.4 Å². The molecule has 110 valence electrons. The molecule has 1 heterocycles. The Balaban J connectivity index is 2.25. The third-order valence-electron chi connectivity index (χ3n) is 3.16. The van der Waals surface area contributed by atoms with Crippen LogP contribution in [0.15, 0.2) is 12.1 Å². The summed E-state index contributed by atoms with van der Waals surface area (Å²) in [7, 11) is 1.49. The van der Waals surface area contributed by atoms with Gasteiger partial charge in [0.25, 0.3) is 5.91 Å². The largest absolute Gasteiger partial charge is 0.494 e. The number of carbonyl (C=O) groups excluding carboxylic acids is 1. The minimum absolute atomic E-state index is 0.0203. The Bertz CT molecular complexity index is 488. The van der Waals surface area contributed by atoms with Crippen molar-refractivity contribution in [2.45, 2.75) is 26.1 Å². The van der Waals surface area contributed by atoms with Gasteiger partial charge in [-0.3, -0.25) is 4.79 Å². The van der Waals surface area contributed by atoms with Gasteiger partial charge in [0.05, 0.1) is 29.4 Å². The van der Waals surface area contributed by atoms with E-state index in [0.29, 0.717) is 34.4 Å². The Kier molecular flexibility index (Phi) is 4.78. The van der Waals surface area contributed by atoms with Crippen LogP contribution in [0.1, 0.15) is 24.2 Å². The highest BCUT2D eigenvalue weighted by Gasteiger charge is 2.27. The number of benzene rings is 1. The van der Waals surface area contributed by atoms with E-state index in [-0.39, 0.29) is 18.1 Å². The van der Waals surface area contributed by atoms with Crippen molar-refractivity contribution < 1.29 is 14.3 Å². The van der Waals surface area contributed by atoms with Crippen LogP contribution in [0.3, 0.4) is 0 Å². The van der Waals surface area contributed by atoms with Crippen LogP contribution in [0.25, 0.3) is 0 Å². The van der Waals surface area contributed by atoms with E-state index in [2.05, 4.69) is 0 Å². The van der Waals surface area contributed by atoms with Gasteiger partial charge in [0, 0.05) is 18.7 Å². The zero-order valence-electron chi connectivity index (χ0n) is 11.7. The van der Waals surface area contributed by atoms with Crippen LogP contribution in [0, 0.1) is 0 Å². The number of halogens is 2. The smallest absolute Gasteiger partial charge is 0.254 e. The molecule has 2 atom stereocenters. The van der Waals surface area contributed by atoms with Gasteiger partial charge in [-0.05, 0) is 26.0 Å². The van der Waals surface area contributed by atoms with Gasteiger partial charge in [-0.1, -0.05) is 23.2 Å². The summed E-state index contributed by atoms with van der Waals surface area (Å²) >= 11 is 12.1. The van der Waals surface area contributed by atoms with E-state index in [1.54, 1.807) is 17.0 Å². The number of methoxy groups -OCH3 is 1. The second kappa shape index (κ2) is 6.20. The van der Waals surface area contributed by atoms with Crippen molar-refractivity contribution in [1.82, 2.24) is 4.90 Å². The summed E-state index contributed by atoms with van der Waals surface area (Å²) in [6.45, 7) is 5.02. The van der Waals surface area contributed by atoms with Crippen LogP contribution < -0.4 is 4.74 Å². The van der Waals surface area contributed by atoms with Gasteiger partial charge in [0.15, 0.2) is 5.75 Å². The molecule has 1 aromatic rings. The summed E-state index contributed by atoms with van der Waals surface area (Å²) < 4.78 is 10.7. The van der Waals surface area contributed by atoms with Gasteiger partial charge in [0.1, 0.15) is 0 Å². The lowest BCUT2D eigenvalue weighted by Crippen LogP contribution is -2.48. The first kappa shape index (κ1) is 15.4. The first-order valence-corrected chi connectivity index (χ1v) is 7.15. The third kappa shape index (κ3) is 3.19. The predicted octanol–water partition coefficient (Wildman–Crippen LogP) is 3.25. The molecular formula is C14H17Cl2NO3. The number of amides is 1. The Hall–Kier alpha value is -0.970. The molecular weight excluding hydrogens is 301 g/mol. The molecule has 0 bridgehead atoms. The number of rotatable bonds is 2. The molecule has 0 N–H and O–H groups in total. The third-order valence-corrected chi connectivity index (χ3v) is 3.72. The lowest BCUT2D eigenvalue weighted by atomic mass is 10.1. The number of hydrogen-bond donors (Lipinski definition) is 0. The molecule has 4 nitrogen and oxygen atoms in total. The Labute approximate surface area is 128 Å². The van der Waals surface area contributed by atoms with Gasteiger partial charge in [-0.15, -0.1) is 0 Å². The Morgan fingerprint density at radius 3 is 2.20 bits per heavy atom. The number of nitrogens with zero attached hydrogens (tertiary/aromatic N) is 1. The minimum Gasteiger partial charge on any atom is -0.494 e. The molecule has 1 aliphatic rings. The van der Waals surface area contributed by atoms with Gasteiger partial charge in [-0.25, -0.2) is 0 Å². The Morgan fingerprint density at radius 2 is 1.75 bits per heavy atom. The van der Waals surface area contributed by atoms with Crippen LogP contribution in [-0.2, 0) is 4.74 Å². The molecule has 0 aromatic heterocycles. The van der Waals surface area contributed by atoms with Crippen molar-refractivity contribution in [2.75, 3.05) is 20.2 Å². The fraction of sp³-hybridized carbons (Fsp3) is 0.500. The summed E-state index contributed by atoms with van der Waals surface area (Å²) in [4.78, 5) is 14.3. The van der Waals surface area contributed by atoms with Gasteiger partial charge in [-0.2, -0.15) is 0 Å². The number of ether oxygens (including phenoxy) is 2. The molecule has 1 aliphatic heterocycles. The summed E-state index contributed by atoms with van der Waals surface area (Å²) in [5.41, 5.74) is 0.460. The maximum atomic E-state index is 12.5. The standard InChI is InChI=1S/C14H17Cl2NO3/c1-8-6-17(7-9(2)20-8)14(18)10-4-11(15)13(19-3)12(16)5-10/h4-5,8-9H,6-7H2,1-3H3/t8-,9-/m1/s1. The average Bonchev–Trinajstić information content (AvgIpc) is 2.36. The van der Waals surface area contributed by atoms with E-state index in [9.17, 15) is 4.79 Å². The zero-order chi connectivity index (χ0) is 14.9. The topological polar surface area (TPSA) is 38.8 Å². The maximum Gasteiger partial charge on any atom is 0.254 e. The predicted molar refractivity (Wildman–Crippen MR) is 78.9 cm³/mol. The SMILES string of the molecule is COc1c(Cl)cc(C(=O)N2C[C@@H](C)O[C@H](C)C2)cc1Cl. The first-order chi connectivity index (χ1) is 9.42. The van der Waals surface area contributed by atoms with Crippen molar-refractivity contribution in [1.29, 1.82) is 0 Å². The van der Waals surface area contributed by atoms with Crippen molar-refractivity contribution in [2.24, 2.45) is 0 Å². The van der Waals surface area contributed by atoms with E-state index in [1.807, 2.05) is 13.8 Å². The minimum atomic E-state index is -0.0987. The molecule has 2 rings (SSSR count). The lowest BCUT2D eigenvalue weighted by Gasteiger charge is -2.35. The average molecular weight is 318 g/mol. The molecule has 6 heteroatoms. The van der Waals surface area contributed by atoms with Crippen LogP contribution in [0.2, 0.25) is 10.0 Å². The quantitative estimate of drug-likeness (QED) is 0.840. The van der Waals surface area contributed by atoms with Crippen molar-refractivity contribution in [3.63, 3.8) is 0 Å². The highest BCUT2D eigenvalue weighted by molar-refractivity contribution is 6.37. The summed E-state index contributed by atoms with van der Waals surface area (Å²) in [6.07, 6.45) is 0.0405. The normalized spacial score (nSPS) is 22.8. The van der Waals surface area contributed by atoms with E-state index in [4.69, 9.17) is 32.7 Å². The fourth-order valence-electron chi connectivity index (χ4n) is 2.40. The zero-order valence-corrected chi connectivity index (χ0v) is 13.2. The summed E-state index contributed by atoms with van der Waals surface area (Å²) in [5.74, 6) is 0.284. The lowest BCUT2D eigenvalue weighted by molar-refractivity contribution is -0.0586. The van der Waals surface area contributed by atoms with Crippen LogP contribution >= 0.6 is 23.2 Å². The second-order valence-corrected chi connectivity index (χ2v) is 5.75. The van der Waals surface area contributed by atoms with Gasteiger partial charge in [0.2, 0.25) is 0 Å². The van der Waals surface area contributed by atoms with E-state index < -0.39 is 0 Å². The number of morpholine rings is 1. The molecule has 0 spiro atoms. The van der Waals surface area contributed by atoms with Gasteiger partial charge >= 0.3 is 0 Å². The van der Waals surface area contributed by atoms with Crippen LogP contribution in [-0.4, -0.2) is 43.2 Å². The highest BCUT2D eigenvalue weighted by atomic mass is 35.5. The highest BCUT2D eigenvalue weighted by Crippen LogP contribution is 2.34. The van der Waals surface area contributed by atoms with Crippen LogP contribution in [0.4, 0.5) is 0 Å². The number of hydrogen-bond acceptors (Lipinski definition) is 3. The van der Waals surface area contributed by atoms with E-state index in [1.165, 1.54) is 7.11 Å². The number of carbonyl (C=O) groups is 1. The summed E-state index contributed by atoms with van der Waals surface area (Å²) in [5, 5.41) is 0.662. The molecule has 0 unspecified atom stereocenters. The molecule has 1 saturated heterocycles. The Morgan fingerprint density at radius 1 is 1.25 bits per heavy atom. The first-order valence-electron chi connectivity index (χ1n) is 6.40. The van der Waals surface area contributed by atoms with E-state index >= 15 is 0 Å². The van der Waals surface area contributed by atoms with Crippen LogP contribution in [0.5, 0.6) is 5.75 Å². The van der Waals surface area contributed by atoms with Crippen molar-refractivity contribution in [3.05, 3.63) is 27.7 Å². The second-order valence-electron chi connectivity index (χ2n) is 4.94. The molecule has 0 radical (unpaired) electrons. The fourth-order valence-corrected chi connectivity index (χ4v) is 3.05. The molecule has 1 amide bonds. The van der Waals surface area contributed by atoms with E-state index in [0.717, 1.165) is 0 Å². The molecule has 0 aliphatic carbocycles. The monoisotopic (exact) mass is 317 g/mol. The maximum absolute atomic E-state index is 12.5. The molecule has 0 saturated carbocycles. The van der Waals surface area contributed by atoms with Crippen molar-refractivity contribution in [3.8, 4) is 5.75 Å². The molecule has 20 heavy (non-hydrogen) atoms. The summed E-state index contributed by atoms with van der Waals surface area (Å²) in [6, 6.07) is 3.17. The molecule has 1 fully saturated rings. The van der Waals surface area contributed by atoms with Crippen molar-refractivity contribution >= 4 is 29.1 Å². The molecule has 1 aromatic carbocycles.